The Morgan fingerprint density at radius 3 is 2.60 bits per heavy atom. The van der Waals surface area contributed by atoms with E-state index in [9.17, 15) is 9.35 Å². The molecular weight excluding hydrogens is 236 g/mol. The van der Waals surface area contributed by atoms with Crippen LogP contribution >= 0.6 is 11.6 Å². The molecule has 1 aromatic carbocycles. The summed E-state index contributed by atoms with van der Waals surface area (Å²) < 4.78 is 15.9. The lowest BCUT2D eigenvalue weighted by Crippen LogP contribution is -2.06. The minimum absolute atomic E-state index is 0.297. The lowest BCUT2D eigenvalue weighted by molar-refractivity contribution is 0.0600. The second kappa shape index (κ2) is 4.88. The summed E-state index contributed by atoms with van der Waals surface area (Å²) in [7, 11) is 1.29. The number of ether oxygens (including phenoxy) is 1. The molecule has 0 aliphatic carbocycles. The van der Waals surface area contributed by atoms with Crippen LogP contribution in [0.5, 0.6) is 0 Å². The van der Waals surface area contributed by atoms with Crippen LogP contribution in [0.15, 0.2) is 17.0 Å². The molecule has 0 N–H and O–H groups in total. The van der Waals surface area contributed by atoms with E-state index in [-0.39, 0.29) is 0 Å². The number of benzene rings is 1. The fourth-order valence-corrected chi connectivity index (χ4v) is 2.34. The predicted octanol–water partition coefficient (Wildman–Crippen LogP) is 2.17. The van der Waals surface area contributed by atoms with Gasteiger partial charge in [-0.2, -0.15) is 0 Å². The number of carbonyl (C=O) groups excluding carboxylic acids is 1. The first-order valence-electron chi connectivity index (χ1n) is 4.20. The normalized spacial score (nSPS) is 12.3. The number of methoxy groups -OCH3 is 1. The average molecular weight is 247 g/mol. The molecule has 3 nitrogen and oxygen atoms in total. The molecule has 0 heterocycles. The first-order chi connectivity index (χ1) is 6.99. The summed E-state index contributed by atoms with van der Waals surface area (Å²) in [5.74, 6) is -0.489. The molecule has 0 aliphatic rings. The highest BCUT2D eigenvalue weighted by Crippen LogP contribution is 2.27. The zero-order valence-corrected chi connectivity index (χ0v) is 10.2. The third-order valence-corrected chi connectivity index (χ3v) is 3.60. The van der Waals surface area contributed by atoms with Crippen LogP contribution in [0.2, 0.25) is 5.02 Å². The van der Waals surface area contributed by atoms with E-state index in [0.717, 1.165) is 0 Å². The molecule has 0 saturated carbocycles. The summed E-state index contributed by atoms with van der Waals surface area (Å²) in [5.41, 5.74) is 0.950. The molecule has 0 saturated heterocycles. The van der Waals surface area contributed by atoms with E-state index in [1.165, 1.54) is 13.2 Å². The first-order valence-corrected chi connectivity index (χ1v) is 6.13. The van der Waals surface area contributed by atoms with Crippen molar-refractivity contribution in [2.75, 3.05) is 13.4 Å². The number of hydrogen-bond acceptors (Lipinski definition) is 3. The van der Waals surface area contributed by atoms with Crippen LogP contribution in [-0.2, 0) is 15.9 Å². The van der Waals surface area contributed by atoms with Crippen LogP contribution in [0.1, 0.15) is 15.9 Å². The zero-order valence-electron chi connectivity index (χ0n) is 8.67. The number of hydrogen-bond donors (Lipinski definition) is 0. The zero-order chi connectivity index (χ0) is 11.6. The van der Waals surface area contributed by atoms with Gasteiger partial charge in [0.05, 0.1) is 17.7 Å². The summed E-state index contributed by atoms with van der Waals surface area (Å²) in [4.78, 5) is 11.9. The summed E-state index contributed by atoms with van der Waals surface area (Å²) in [6.45, 7) is 1.73. The van der Waals surface area contributed by atoms with E-state index in [1.807, 2.05) is 0 Å². The monoisotopic (exact) mass is 246 g/mol. The van der Waals surface area contributed by atoms with Gasteiger partial charge in [0.25, 0.3) is 0 Å². The highest BCUT2D eigenvalue weighted by molar-refractivity contribution is 7.90. The van der Waals surface area contributed by atoms with Gasteiger partial charge in [0.1, 0.15) is 6.26 Å². The van der Waals surface area contributed by atoms with Crippen LogP contribution < -0.4 is 0 Å². The molecule has 0 aliphatic heterocycles. The summed E-state index contributed by atoms with van der Waals surface area (Å²) in [6.07, 6.45) is 1.57. The Morgan fingerprint density at radius 1 is 1.53 bits per heavy atom. The van der Waals surface area contributed by atoms with Crippen molar-refractivity contribution in [2.45, 2.75) is 11.8 Å². The van der Waals surface area contributed by atoms with Crippen molar-refractivity contribution in [3.05, 3.63) is 28.3 Å². The Balaban J connectivity index is 3.27. The minimum atomic E-state index is -1.11. The van der Waals surface area contributed by atoms with Crippen LogP contribution in [0.4, 0.5) is 0 Å². The first kappa shape index (κ1) is 12.4. The minimum Gasteiger partial charge on any atom is -0.612 e. The smallest absolute Gasteiger partial charge is 0.339 e. The van der Waals surface area contributed by atoms with E-state index in [4.69, 9.17) is 11.6 Å². The molecule has 1 rings (SSSR count). The maximum Gasteiger partial charge on any atom is 0.339 e. The molecule has 82 valence electrons. The standard InChI is InChI=1S/C10H11ClO3S/c1-6-8(15(3)13)5-4-7(9(6)11)10(12)14-2/h4-5H,1-3H3. The maximum absolute atomic E-state index is 11.3. The largest absolute Gasteiger partial charge is 0.612 e. The molecule has 1 aromatic rings. The van der Waals surface area contributed by atoms with E-state index in [2.05, 4.69) is 4.74 Å². The molecule has 1 atom stereocenters. The van der Waals surface area contributed by atoms with Crippen molar-refractivity contribution < 1.29 is 14.1 Å². The van der Waals surface area contributed by atoms with Crippen molar-refractivity contribution in [3.8, 4) is 0 Å². The van der Waals surface area contributed by atoms with Gasteiger partial charge in [-0.15, -0.1) is 0 Å². The van der Waals surface area contributed by atoms with Crippen molar-refractivity contribution in [1.29, 1.82) is 0 Å². The van der Waals surface area contributed by atoms with Gasteiger partial charge in [-0.05, 0) is 30.2 Å². The number of carbonyl (C=O) groups is 1. The highest BCUT2D eigenvalue weighted by Gasteiger charge is 2.18. The molecular formula is C10H11ClO3S. The van der Waals surface area contributed by atoms with Gasteiger partial charge in [0, 0.05) is 5.56 Å². The lowest BCUT2D eigenvalue weighted by Gasteiger charge is -2.10. The number of halogens is 1. The number of rotatable bonds is 2. The summed E-state index contributed by atoms with van der Waals surface area (Å²) in [6, 6.07) is 3.15. The van der Waals surface area contributed by atoms with Gasteiger partial charge in [-0.3, -0.25) is 0 Å². The van der Waals surface area contributed by atoms with Gasteiger partial charge >= 0.3 is 5.97 Å². The molecule has 5 heteroatoms. The third kappa shape index (κ3) is 2.45. The molecule has 0 amide bonds. The lowest BCUT2D eigenvalue weighted by atomic mass is 10.1. The summed E-state index contributed by atoms with van der Waals surface area (Å²) >= 11 is 4.87. The van der Waals surface area contributed by atoms with Crippen molar-refractivity contribution >= 4 is 28.7 Å². The molecule has 0 aromatic heterocycles. The predicted molar refractivity (Wildman–Crippen MR) is 59.9 cm³/mol. The van der Waals surface area contributed by atoms with E-state index < -0.39 is 17.1 Å². The fraction of sp³-hybridized carbons (Fsp3) is 0.300. The van der Waals surface area contributed by atoms with Crippen molar-refractivity contribution in [2.24, 2.45) is 0 Å². The topological polar surface area (TPSA) is 49.4 Å². The molecule has 0 radical (unpaired) electrons. The highest BCUT2D eigenvalue weighted by atomic mass is 35.5. The van der Waals surface area contributed by atoms with Gasteiger partial charge in [-0.25, -0.2) is 4.79 Å². The second-order valence-corrected chi connectivity index (χ2v) is 4.72. The Labute approximate surface area is 96.6 Å². The Bertz CT molecular complexity index is 390. The van der Waals surface area contributed by atoms with Gasteiger partial charge in [0.15, 0.2) is 4.90 Å². The molecule has 15 heavy (non-hydrogen) atoms. The van der Waals surface area contributed by atoms with Gasteiger partial charge < -0.3 is 9.29 Å². The SMILES string of the molecule is COC(=O)c1ccc([S+](C)[O-])c(C)c1Cl. The second-order valence-electron chi connectivity index (χ2n) is 3.00. The Morgan fingerprint density at radius 2 is 2.13 bits per heavy atom. The number of esters is 1. The van der Waals surface area contributed by atoms with E-state index in [0.29, 0.717) is 21.0 Å². The average Bonchev–Trinajstić information content (AvgIpc) is 2.20. The van der Waals surface area contributed by atoms with E-state index in [1.54, 1.807) is 19.2 Å². The Hall–Kier alpha value is -0.710. The van der Waals surface area contributed by atoms with Gasteiger partial charge in [0.2, 0.25) is 0 Å². The van der Waals surface area contributed by atoms with Crippen LogP contribution in [0, 0.1) is 6.92 Å². The molecule has 0 fully saturated rings. The fourth-order valence-electron chi connectivity index (χ4n) is 1.25. The van der Waals surface area contributed by atoms with Crippen molar-refractivity contribution in [3.63, 3.8) is 0 Å². The van der Waals surface area contributed by atoms with Crippen LogP contribution in [0.25, 0.3) is 0 Å². The molecule has 0 spiro atoms. The third-order valence-electron chi connectivity index (χ3n) is 2.05. The Kier molecular flexibility index (Phi) is 4.02. The summed E-state index contributed by atoms with van der Waals surface area (Å²) in [5, 5.41) is 0.301. The van der Waals surface area contributed by atoms with Crippen molar-refractivity contribution in [1.82, 2.24) is 0 Å². The molecule has 0 bridgehead atoms. The maximum atomic E-state index is 11.3. The molecule has 1 unspecified atom stereocenters. The quantitative estimate of drug-likeness (QED) is 0.594. The van der Waals surface area contributed by atoms with Crippen LogP contribution in [-0.4, -0.2) is 23.9 Å². The van der Waals surface area contributed by atoms with E-state index >= 15 is 0 Å². The van der Waals surface area contributed by atoms with Gasteiger partial charge in [-0.1, -0.05) is 11.6 Å². The van der Waals surface area contributed by atoms with Crippen LogP contribution in [0.3, 0.4) is 0 Å².